The van der Waals surface area contributed by atoms with Gasteiger partial charge in [0.1, 0.15) is 5.82 Å². The molecule has 1 unspecified atom stereocenters. The van der Waals surface area contributed by atoms with Gasteiger partial charge in [0, 0.05) is 36.5 Å². The topological polar surface area (TPSA) is 76.8 Å². The lowest BCUT2D eigenvalue weighted by Crippen LogP contribution is -2.37. The molecular weight excluding hydrogens is 455 g/mol. The van der Waals surface area contributed by atoms with Crippen molar-refractivity contribution in [3.8, 4) is 11.1 Å². The molecule has 0 spiro atoms. The fourth-order valence-electron chi connectivity index (χ4n) is 4.72. The zero-order valence-electron chi connectivity index (χ0n) is 19.2. The van der Waals surface area contributed by atoms with Crippen molar-refractivity contribution < 1.29 is 17.6 Å². The van der Waals surface area contributed by atoms with Crippen LogP contribution in [0.1, 0.15) is 25.3 Å². The molecule has 0 aliphatic carbocycles. The van der Waals surface area contributed by atoms with Crippen LogP contribution in [0.2, 0.25) is 0 Å². The van der Waals surface area contributed by atoms with Gasteiger partial charge in [0.25, 0.3) is 0 Å². The first kappa shape index (κ1) is 22.7. The number of sulfone groups is 1. The van der Waals surface area contributed by atoms with E-state index in [1.165, 1.54) is 6.07 Å². The highest BCUT2D eigenvalue weighted by atomic mass is 32.2. The maximum atomic E-state index is 15.0. The molecule has 0 radical (unpaired) electrons. The zero-order chi connectivity index (χ0) is 23.9. The lowest BCUT2D eigenvalue weighted by molar-refractivity contribution is 0.0698. The highest BCUT2D eigenvalue weighted by Crippen LogP contribution is 2.35. The molecule has 3 heterocycles. The van der Waals surface area contributed by atoms with E-state index in [4.69, 9.17) is 4.84 Å². The SMILES string of the molecule is CN1CCC(C)(S(=O)(=O)c2ccc(-c3ccc(C4=NO[C@@H](Cn5cccn5)C4)cc3F)cc2)C1. The number of hydrogen-bond donors (Lipinski definition) is 0. The largest absolute Gasteiger partial charge is 0.390 e. The molecule has 1 saturated heterocycles. The van der Waals surface area contributed by atoms with Gasteiger partial charge < -0.3 is 9.74 Å². The third-order valence-electron chi connectivity index (χ3n) is 6.74. The molecule has 0 bridgehead atoms. The summed E-state index contributed by atoms with van der Waals surface area (Å²) >= 11 is 0. The number of aromatic nitrogens is 2. The lowest BCUT2D eigenvalue weighted by Gasteiger charge is -2.24. The highest BCUT2D eigenvalue weighted by Gasteiger charge is 2.44. The molecule has 1 fully saturated rings. The third kappa shape index (κ3) is 4.14. The number of halogens is 1. The summed E-state index contributed by atoms with van der Waals surface area (Å²) in [5.41, 5.74) is 2.39. The molecule has 1 aromatic heterocycles. The first-order valence-electron chi connectivity index (χ1n) is 11.3. The van der Waals surface area contributed by atoms with Crippen LogP contribution in [0, 0.1) is 5.82 Å². The minimum atomic E-state index is -3.49. The Kier molecular flexibility index (Phi) is 5.77. The van der Waals surface area contributed by atoms with E-state index in [9.17, 15) is 8.42 Å². The van der Waals surface area contributed by atoms with Crippen molar-refractivity contribution in [1.82, 2.24) is 14.7 Å². The molecule has 178 valence electrons. The molecular formula is C25H27FN4O3S. The van der Waals surface area contributed by atoms with Crippen LogP contribution in [0.15, 0.2) is 71.0 Å². The number of hydrogen-bond acceptors (Lipinski definition) is 6. The van der Waals surface area contributed by atoms with E-state index in [-0.39, 0.29) is 11.0 Å². The van der Waals surface area contributed by atoms with Crippen molar-refractivity contribution >= 4 is 15.5 Å². The maximum Gasteiger partial charge on any atom is 0.185 e. The molecule has 7 nitrogen and oxygen atoms in total. The van der Waals surface area contributed by atoms with Crippen LogP contribution in [0.4, 0.5) is 4.39 Å². The average molecular weight is 483 g/mol. The lowest BCUT2D eigenvalue weighted by atomic mass is 9.99. The first-order chi connectivity index (χ1) is 16.2. The van der Waals surface area contributed by atoms with E-state index < -0.39 is 20.4 Å². The summed E-state index contributed by atoms with van der Waals surface area (Å²) in [5.74, 6) is -0.393. The molecule has 2 aromatic carbocycles. The van der Waals surface area contributed by atoms with Crippen LogP contribution in [0.3, 0.4) is 0 Å². The molecule has 2 aliphatic rings. The highest BCUT2D eigenvalue weighted by molar-refractivity contribution is 7.92. The Labute approximate surface area is 198 Å². The summed E-state index contributed by atoms with van der Waals surface area (Å²) in [7, 11) is -1.56. The predicted octanol–water partition coefficient (Wildman–Crippen LogP) is 3.75. The van der Waals surface area contributed by atoms with Gasteiger partial charge in [-0.05, 0) is 56.8 Å². The second-order valence-corrected chi connectivity index (χ2v) is 11.8. The normalized spacial score (nSPS) is 23.1. The fraction of sp³-hybridized carbons (Fsp3) is 0.360. The van der Waals surface area contributed by atoms with Gasteiger partial charge in [-0.1, -0.05) is 29.4 Å². The number of nitrogens with zero attached hydrogens (tertiary/aromatic N) is 4. The fourth-order valence-corrected chi connectivity index (χ4v) is 6.53. The molecule has 2 aliphatic heterocycles. The van der Waals surface area contributed by atoms with Gasteiger partial charge in [0.05, 0.1) is 21.9 Å². The van der Waals surface area contributed by atoms with E-state index in [1.807, 2.05) is 30.3 Å². The standard InChI is InChI=1S/C25H27FN4O3S/c1-25(10-13-29(2)17-25)34(31,32)21-7-4-18(5-8-21)22-9-6-19(14-23(22)26)24-15-20(33-28-24)16-30-12-3-11-27-30/h3-9,11-12,14,20H,10,13,15-17H2,1-2H3/t20-,25?/m1/s1. The zero-order valence-corrected chi connectivity index (χ0v) is 20.0. The van der Waals surface area contributed by atoms with E-state index in [0.29, 0.717) is 48.3 Å². The molecule has 5 rings (SSSR count). The van der Waals surface area contributed by atoms with Crippen molar-refractivity contribution in [3.63, 3.8) is 0 Å². The van der Waals surface area contributed by atoms with Gasteiger partial charge in [0.15, 0.2) is 15.9 Å². The Bertz CT molecular complexity index is 1320. The maximum absolute atomic E-state index is 15.0. The van der Waals surface area contributed by atoms with Gasteiger partial charge >= 0.3 is 0 Å². The number of benzene rings is 2. The van der Waals surface area contributed by atoms with Crippen LogP contribution >= 0.6 is 0 Å². The molecule has 2 atom stereocenters. The molecule has 9 heteroatoms. The summed E-state index contributed by atoms with van der Waals surface area (Å²) in [6, 6.07) is 13.3. The Morgan fingerprint density at radius 2 is 1.94 bits per heavy atom. The van der Waals surface area contributed by atoms with E-state index in [2.05, 4.69) is 10.3 Å². The van der Waals surface area contributed by atoms with Gasteiger partial charge in [-0.2, -0.15) is 5.10 Å². The molecule has 0 N–H and O–H groups in total. The Balaban J connectivity index is 1.31. The van der Waals surface area contributed by atoms with E-state index >= 15 is 4.39 Å². The number of oxime groups is 1. The van der Waals surface area contributed by atoms with Crippen molar-refractivity contribution in [2.45, 2.75) is 42.1 Å². The van der Waals surface area contributed by atoms with Gasteiger partial charge in [-0.3, -0.25) is 4.68 Å². The quantitative estimate of drug-likeness (QED) is 0.535. The summed E-state index contributed by atoms with van der Waals surface area (Å²) < 4.78 is 42.4. The van der Waals surface area contributed by atoms with E-state index in [1.54, 1.807) is 48.1 Å². The molecule has 34 heavy (non-hydrogen) atoms. The summed E-state index contributed by atoms with van der Waals surface area (Å²) in [6.45, 7) is 3.63. The Morgan fingerprint density at radius 1 is 1.18 bits per heavy atom. The molecule has 0 amide bonds. The van der Waals surface area contributed by atoms with Crippen molar-refractivity contribution in [3.05, 3.63) is 72.3 Å². The smallest absolute Gasteiger partial charge is 0.185 e. The summed E-state index contributed by atoms with van der Waals surface area (Å²) in [5, 5.41) is 8.31. The first-order valence-corrected chi connectivity index (χ1v) is 12.8. The number of rotatable bonds is 6. The molecule has 3 aromatic rings. The predicted molar refractivity (Wildman–Crippen MR) is 128 cm³/mol. The van der Waals surface area contributed by atoms with Crippen molar-refractivity contribution in [2.75, 3.05) is 20.1 Å². The van der Waals surface area contributed by atoms with Crippen molar-refractivity contribution in [1.29, 1.82) is 0 Å². The minimum absolute atomic E-state index is 0.145. The van der Waals surface area contributed by atoms with Crippen LogP contribution in [-0.4, -0.2) is 59.8 Å². The average Bonchev–Trinajstić information content (AvgIpc) is 3.57. The molecule has 0 saturated carbocycles. The van der Waals surface area contributed by atoms with E-state index in [0.717, 1.165) is 6.54 Å². The van der Waals surface area contributed by atoms with Crippen LogP contribution in [0.5, 0.6) is 0 Å². The Morgan fingerprint density at radius 3 is 2.59 bits per heavy atom. The third-order valence-corrected chi connectivity index (χ3v) is 9.26. The second-order valence-electron chi connectivity index (χ2n) is 9.36. The monoisotopic (exact) mass is 482 g/mol. The Hall–Kier alpha value is -3.04. The van der Waals surface area contributed by atoms with Crippen LogP contribution < -0.4 is 0 Å². The summed E-state index contributed by atoms with van der Waals surface area (Å²) in [4.78, 5) is 7.79. The van der Waals surface area contributed by atoms with Gasteiger partial charge in [-0.25, -0.2) is 12.8 Å². The second kappa shape index (κ2) is 8.63. The van der Waals surface area contributed by atoms with Crippen LogP contribution in [0.25, 0.3) is 11.1 Å². The van der Waals surface area contributed by atoms with Crippen LogP contribution in [-0.2, 0) is 21.2 Å². The minimum Gasteiger partial charge on any atom is -0.390 e. The van der Waals surface area contributed by atoms with Gasteiger partial charge in [0.2, 0.25) is 0 Å². The number of likely N-dealkylation sites (tertiary alicyclic amines) is 1. The summed E-state index contributed by atoms with van der Waals surface area (Å²) in [6.07, 6.45) is 4.59. The van der Waals surface area contributed by atoms with Gasteiger partial charge in [-0.15, -0.1) is 0 Å². The van der Waals surface area contributed by atoms with Crippen molar-refractivity contribution in [2.24, 2.45) is 5.16 Å².